The van der Waals surface area contributed by atoms with E-state index < -0.39 is 15.9 Å². The molecule has 30 heavy (non-hydrogen) atoms. The fourth-order valence-electron chi connectivity index (χ4n) is 3.62. The average molecular weight is 516 g/mol. The first-order chi connectivity index (χ1) is 14.3. The average Bonchev–Trinajstić information content (AvgIpc) is 2.74. The minimum absolute atomic E-state index is 0.0487. The van der Waals surface area contributed by atoms with E-state index in [2.05, 4.69) is 21.2 Å². The molecule has 0 heterocycles. The molecular weight excluding hydrogens is 492 g/mol. The Bertz CT molecular complexity index is 1010. The molecule has 6 nitrogen and oxygen atoms in total. The van der Waals surface area contributed by atoms with E-state index in [4.69, 9.17) is 16.3 Å². The van der Waals surface area contributed by atoms with Gasteiger partial charge in [0.25, 0.3) is 0 Å². The van der Waals surface area contributed by atoms with Crippen LogP contribution in [0.25, 0.3) is 0 Å². The number of benzene rings is 2. The van der Waals surface area contributed by atoms with Crippen LogP contribution in [0, 0.1) is 0 Å². The number of anilines is 1. The summed E-state index contributed by atoms with van der Waals surface area (Å²) in [7, 11) is -2.46. The van der Waals surface area contributed by atoms with Crippen molar-refractivity contribution in [3.63, 3.8) is 0 Å². The van der Waals surface area contributed by atoms with Gasteiger partial charge < -0.3 is 10.1 Å². The predicted octanol–water partition coefficient (Wildman–Crippen LogP) is 5.07. The third-order valence-corrected chi connectivity index (χ3v) is 8.04. The van der Waals surface area contributed by atoms with E-state index in [-0.39, 0.29) is 22.5 Å². The molecule has 1 aliphatic rings. The topological polar surface area (TPSA) is 75.7 Å². The SMILES string of the molecule is COc1ccc(S(=O)(=O)N(CC(=O)Nc2ccccc2Br)C2CCCCC2)cc1Cl. The summed E-state index contributed by atoms with van der Waals surface area (Å²) < 4.78 is 34.1. The molecule has 0 unspecified atom stereocenters. The molecule has 1 fully saturated rings. The highest BCUT2D eigenvalue weighted by molar-refractivity contribution is 9.10. The first-order valence-electron chi connectivity index (χ1n) is 9.72. The second-order valence-electron chi connectivity index (χ2n) is 7.17. The largest absolute Gasteiger partial charge is 0.495 e. The molecule has 3 rings (SSSR count). The number of hydrogen-bond acceptors (Lipinski definition) is 4. The first-order valence-corrected chi connectivity index (χ1v) is 12.3. The zero-order valence-electron chi connectivity index (χ0n) is 16.6. The number of halogens is 2. The van der Waals surface area contributed by atoms with E-state index in [1.807, 2.05) is 12.1 Å². The van der Waals surface area contributed by atoms with Gasteiger partial charge in [0.15, 0.2) is 0 Å². The summed E-state index contributed by atoms with van der Waals surface area (Å²) >= 11 is 9.56. The summed E-state index contributed by atoms with van der Waals surface area (Å²) in [5, 5.41) is 3.00. The van der Waals surface area contributed by atoms with E-state index in [0.717, 1.165) is 36.6 Å². The number of rotatable bonds is 7. The van der Waals surface area contributed by atoms with Gasteiger partial charge in [0, 0.05) is 10.5 Å². The second-order valence-corrected chi connectivity index (χ2v) is 10.3. The normalized spacial score (nSPS) is 15.2. The Balaban J connectivity index is 1.89. The fourth-order valence-corrected chi connectivity index (χ4v) is 5.99. The number of sulfonamides is 1. The van der Waals surface area contributed by atoms with E-state index in [1.165, 1.54) is 29.6 Å². The Kier molecular flexibility index (Phi) is 7.79. The molecule has 2 aromatic carbocycles. The number of carbonyl (C=O) groups is 1. The molecule has 0 aliphatic heterocycles. The van der Waals surface area contributed by atoms with Crippen molar-refractivity contribution >= 4 is 49.1 Å². The molecule has 0 aromatic heterocycles. The highest BCUT2D eigenvalue weighted by Gasteiger charge is 2.34. The van der Waals surface area contributed by atoms with Crippen LogP contribution in [0.3, 0.4) is 0 Å². The maximum absolute atomic E-state index is 13.5. The smallest absolute Gasteiger partial charge is 0.243 e. The van der Waals surface area contributed by atoms with Gasteiger partial charge >= 0.3 is 0 Å². The lowest BCUT2D eigenvalue weighted by atomic mass is 9.95. The number of methoxy groups -OCH3 is 1. The van der Waals surface area contributed by atoms with Gasteiger partial charge in [0.05, 0.1) is 29.3 Å². The number of hydrogen-bond donors (Lipinski definition) is 1. The third kappa shape index (κ3) is 5.35. The molecule has 162 valence electrons. The van der Waals surface area contributed by atoms with Gasteiger partial charge in [-0.25, -0.2) is 8.42 Å². The molecule has 9 heteroatoms. The number of para-hydroxylation sites is 1. The lowest BCUT2D eigenvalue weighted by Crippen LogP contribution is -2.45. The van der Waals surface area contributed by atoms with Crippen LogP contribution in [-0.2, 0) is 14.8 Å². The van der Waals surface area contributed by atoms with Crippen molar-refractivity contribution in [2.45, 2.75) is 43.0 Å². The lowest BCUT2D eigenvalue weighted by Gasteiger charge is -2.33. The highest BCUT2D eigenvalue weighted by Crippen LogP contribution is 2.32. The number of nitrogens with one attached hydrogen (secondary N) is 1. The molecule has 2 aromatic rings. The maximum atomic E-state index is 13.5. The van der Waals surface area contributed by atoms with Gasteiger partial charge in [-0.1, -0.05) is 43.0 Å². The quantitative estimate of drug-likeness (QED) is 0.558. The molecular formula is C21H24BrClN2O4S. The molecule has 0 atom stereocenters. The van der Waals surface area contributed by atoms with Gasteiger partial charge in [-0.15, -0.1) is 0 Å². The summed E-state index contributed by atoms with van der Waals surface area (Å²) in [6.45, 7) is -0.266. The minimum atomic E-state index is -3.92. The summed E-state index contributed by atoms with van der Waals surface area (Å²) in [6.07, 6.45) is 4.40. The Labute approximate surface area is 190 Å². The van der Waals surface area contributed by atoms with Crippen molar-refractivity contribution in [1.29, 1.82) is 0 Å². The van der Waals surface area contributed by atoms with E-state index in [0.29, 0.717) is 11.4 Å². The van der Waals surface area contributed by atoms with Crippen molar-refractivity contribution in [1.82, 2.24) is 4.31 Å². The van der Waals surface area contributed by atoms with Crippen molar-refractivity contribution in [3.05, 3.63) is 52.0 Å². The monoisotopic (exact) mass is 514 g/mol. The maximum Gasteiger partial charge on any atom is 0.243 e. The first kappa shape index (κ1) is 23.1. The van der Waals surface area contributed by atoms with Gasteiger partial charge in [-0.2, -0.15) is 4.31 Å². The molecule has 1 N–H and O–H groups in total. The molecule has 0 radical (unpaired) electrons. The van der Waals surface area contributed by atoms with Crippen LogP contribution in [0.2, 0.25) is 5.02 Å². The van der Waals surface area contributed by atoms with Crippen LogP contribution < -0.4 is 10.1 Å². The van der Waals surface area contributed by atoms with Gasteiger partial charge in [0.2, 0.25) is 15.9 Å². The van der Waals surface area contributed by atoms with Crippen molar-refractivity contribution in [2.75, 3.05) is 19.0 Å². The van der Waals surface area contributed by atoms with Crippen molar-refractivity contribution in [3.8, 4) is 5.75 Å². The molecule has 0 spiro atoms. The summed E-state index contributed by atoms with van der Waals surface area (Å²) in [4.78, 5) is 12.8. The zero-order valence-corrected chi connectivity index (χ0v) is 19.8. The highest BCUT2D eigenvalue weighted by atomic mass is 79.9. The Morgan fingerprint density at radius 2 is 1.90 bits per heavy atom. The van der Waals surface area contributed by atoms with E-state index in [9.17, 15) is 13.2 Å². The number of amides is 1. The predicted molar refractivity (Wildman–Crippen MR) is 122 cm³/mol. The van der Waals surface area contributed by atoms with Crippen molar-refractivity contribution < 1.29 is 17.9 Å². The van der Waals surface area contributed by atoms with Crippen LogP contribution >= 0.6 is 27.5 Å². The fraction of sp³-hybridized carbons (Fsp3) is 0.381. The molecule has 1 aliphatic carbocycles. The molecule has 1 saturated carbocycles. The number of ether oxygens (including phenoxy) is 1. The van der Waals surface area contributed by atoms with Gasteiger partial charge in [0.1, 0.15) is 5.75 Å². The van der Waals surface area contributed by atoms with E-state index >= 15 is 0 Å². The summed E-state index contributed by atoms with van der Waals surface area (Å²) in [6, 6.07) is 11.3. The van der Waals surface area contributed by atoms with E-state index in [1.54, 1.807) is 12.1 Å². The zero-order chi connectivity index (χ0) is 21.7. The summed E-state index contributed by atoms with van der Waals surface area (Å²) in [5.74, 6) is 0.00200. The molecule has 0 saturated heterocycles. The van der Waals surface area contributed by atoms with Gasteiger partial charge in [-0.3, -0.25) is 4.79 Å². The Morgan fingerprint density at radius 3 is 2.53 bits per heavy atom. The second kappa shape index (κ2) is 10.1. The Hall–Kier alpha value is -1.61. The Morgan fingerprint density at radius 1 is 1.20 bits per heavy atom. The summed E-state index contributed by atoms with van der Waals surface area (Å²) in [5.41, 5.74) is 0.594. The minimum Gasteiger partial charge on any atom is -0.495 e. The molecule has 1 amide bonds. The van der Waals surface area contributed by atoms with Crippen LogP contribution in [0.15, 0.2) is 51.8 Å². The number of nitrogens with zero attached hydrogens (tertiary/aromatic N) is 1. The lowest BCUT2D eigenvalue weighted by molar-refractivity contribution is -0.116. The van der Waals surface area contributed by atoms with Crippen LogP contribution in [0.1, 0.15) is 32.1 Å². The van der Waals surface area contributed by atoms with Crippen LogP contribution in [-0.4, -0.2) is 38.3 Å². The molecule has 0 bridgehead atoms. The van der Waals surface area contributed by atoms with Crippen LogP contribution in [0.4, 0.5) is 5.69 Å². The van der Waals surface area contributed by atoms with Gasteiger partial charge in [-0.05, 0) is 59.1 Å². The number of carbonyl (C=O) groups excluding carboxylic acids is 1. The van der Waals surface area contributed by atoms with Crippen molar-refractivity contribution in [2.24, 2.45) is 0 Å². The third-order valence-electron chi connectivity index (χ3n) is 5.16. The standard InChI is InChI=1S/C21H24BrClN2O4S/c1-29-20-12-11-16(13-18(20)23)30(27,28)25(15-7-3-2-4-8-15)14-21(26)24-19-10-6-5-9-17(19)22/h5-6,9-13,15H,2-4,7-8,14H2,1H3,(H,24,26). The van der Waals surface area contributed by atoms with Crippen LogP contribution in [0.5, 0.6) is 5.75 Å².